The molecule has 0 radical (unpaired) electrons. The second-order valence-corrected chi connectivity index (χ2v) is 4.81. The van der Waals surface area contributed by atoms with Crippen LogP contribution in [0, 0.1) is 6.92 Å². The summed E-state index contributed by atoms with van der Waals surface area (Å²) in [4.78, 5) is 4.25. The van der Waals surface area contributed by atoms with Crippen LogP contribution in [0.1, 0.15) is 55.9 Å². The number of pyridine rings is 1. The highest BCUT2D eigenvalue weighted by Gasteiger charge is 2.16. The molecule has 1 aromatic rings. The lowest BCUT2D eigenvalue weighted by Gasteiger charge is -2.18. The van der Waals surface area contributed by atoms with E-state index in [9.17, 15) is 5.11 Å². The first kappa shape index (κ1) is 12.3. The predicted molar refractivity (Wildman–Crippen MR) is 69.7 cm³/mol. The molecule has 92 valence electrons. The molecule has 0 aromatic carbocycles. The summed E-state index contributed by atoms with van der Waals surface area (Å²) in [5.41, 5.74) is 3.07. The van der Waals surface area contributed by atoms with Gasteiger partial charge >= 0.3 is 0 Å². The zero-order valence-corrected chi connectivity index (χ0v) is 10.5. The van der Waals surface area contributed by atoms with Crippen molar-refractivity contribution in [1.29, 1.82) is 0 Å². The molecule has 1 aliphatic rings. The molecule has 0 amide bonds. The highest BCUT2D eigenvalue weighted by molar-refractivity contribution is 5.28. The van der Waals surface area contributed by atoms with Gasteiger partial charge in [-0.15, -0.1) is 0 Å². The average molecular weight is 231 g/mol. The van der Waals surface area contributed by atoms with Crippen molar-refractivity contribution < 1.29 is 5.11 Å². The number of nitrogens with zero attached hydrogens (tertiary/aromatic N) is 1. The molecule has 0 aliphatic heterocycles. The Morgan fingerprint density at radius 1 is 1.24 bits per heavy atom. The highest BCUT2D eigenvalue weighted by Crippen LogP contribution is 2.29. The Balaban J connectivity index is 2.18. The molecule has 0 saturated heterocycles. The highest BCUT2D eigenvalue weighted by atomic mass is 16.3. The second-order valence-electron chi connectivity index (χ2n) is 4.81. The molecule has 1 unspecified atom stereocenters. The fraction of sp³-hybridized carbons (Fsp3) is 0.533. The number of aryl methyl sites for hydroxylation is 1. The van der Waals surface area contributed by atoms with E-state index < -0.39 is 6.10 Å². The molecule has 1 N–H and O–H groups in total. The normalized spacial score (nSPS) is 22.1. The van der Waals surface area contributed by atoms with Crippen LogP contribution in [-0.4, -0.2) is 10.1 Å². The zero-order chi connectivity index (χ0) is 12.1. The lowest BCUT2D eigenvalue weighted by Crippen LogP contribution is -2.06. The van der Waals surface area contributed by atoms with Gasteiger partial charge in [0.15, 0.2) is 0 Å². The first-order chi connectivity index (χ1) is 8.29. The third-order valence-electron chi connectivity index (χ3n) is 3.52. The minimum atomic E-state index is -0.457. The van der Waals surface area contributed by atoms with Crippen LogP contribution in [0.2, 0.25) is 0 Å². The maximum Gasteiger partial charge on any atom is 0.102 e. The number of rotatable bonds is 2. The van der Waals surface area contributed by atoms with Gasteiger partial charge in [0.25, 0.3) is 0 Å². The molecule has 1 aromatic heterocycles. The van der Waals surface area contributed by atoms with Crippen LogP contribution >= 0.6 is 0 Å². The van der Waals surface area contributed by atoms with E-state index in [0.29, 0.717) is 0 Å². The van der Waals surface area contributed by atoms with E-state index >= 15 is 0 Å². The number of hydrogen-bond acceptors (Lipinski definition) is 2. The van der Waals surface area contributed by atoms with Crippen LogP contribution in [0.25, 0.3) is 0 Å². The van der Waals surface area contributed by atoms with Gasteiger partial charge in [-0.05, 0) is 44.2 Å². The largest absolute Gasteiger partial charge is 0.384 e. The molecular formula is C15H21NO. The third-order valence-corrected chi connectivity index (χ3v) is 3.52. The Kier molecular flexibility index (Phi) is 4.32. The summed E-state index contributed by atoms with van der Waals surface area (Å²) in [6.07, 6.45) is 10.7. The minimum absolute atomic E-state index is 0.457. The second kappa shape index (κ2) is 5.97. The standard InChI is InChI=1S/C15H21NO/c1-12-14(10-7-11-16-12)15(17)13-8-5-3-2-4-6-9-13/h7-8,10-11,15,17H,2-6,9H2,1H3/b13-8+. The summed E-state index contributed by atoms with van der Waals surface area (Å²) in [6.45, 7) is 1.96. The van der Waals surface area contributed by atoms with Gasteiger partial charge in [0, 0.05) is 17.5 Å². The number of aliphatic hydroxyl groups excluding tert-OH is 1. The van der Waals surface area contributed by atoms with Crippen molar-refractivity contribution in [3.63, 3.8) is 0 Å². The SMILES string of the molecule is Cc1ncccc1C(O)/C1=C/CCCCCC1. The summed E-state index contributed by atoms with van der Waals surface area (Å²) >= 11 is 0. The van der Waals surface area contributed by atoms with Gasteiger partial charge in [-0.1, -0.05) is 25.0 Å². The third kappa shape index (κ3) is 3.16. The van der Waals surface area contributed by atoms with Gasteiger partial charge in [0.2, 0.25) is 0 Å². The fourth-order valence-corrected chi connectivity index (χ4v) is 2.45. The maximum atomic E-state index is 10.4. The van der Waals surface area contributed by atoms with Crippen molar-refractivity contribution >= 4 is 0 Å². The van der Waals surface area contributed by atoms with Gasteiger partial charge in [-0.3, -0.25) is 4.98 Å². The van der Waals surface area contributed by atoms with Gasteiger partial charge in [0.05, 0.1) is 0 Å². The first-order valence-electron chi connectivity index (χ1n) is 6.57. The van der Waals surface area contributed by atoms with E-state index in [2.05, 4.69) is 11.1 Å². The molecule has 1 aliphatic carbocycles. The Morgan fingerprint density at radius 2 is 2.06 bits per heavy atom. The lowest BCUT2D eigenvalue weighted by atomic mass is 9.92. The van der Waals surface area contributed by atoms with Crippen LogP contribution in [-0.2, 0) is 0 Å². The zero-order valence-electron chi connectivity index (χ0n) is 10.5. The molecule has 0 spiro atoms. The molecule has 0 fully saturated rings. The van der Waals surface area contributed by atoms with Crippen LogP contribution in [0.5, 0.6) is 0 Å². The van der Waals surface area contributed by atoms with Crippen molar-refractivity contribution in [2.45, 2.75) is 51.6 Å². The van der Waals surface area contributed by atoms with Crippen molar-refractivity contribution in [2.24, 2.45) is 0 Å². The minimum Gasteiger partial charge on any atom is -0.384 e. The van der Waals surface area contributed by atoms with Crippen molar-refractivity contribution in [3.05, 3.63) is 41.2 Å². The maximum absolute atomic E-state index is 10.4. The number of hydrogen-bond donors (Lipinski definition) is 1. The molecule has 0 saturated carbocycles. The topological polar surface area (TPSA) is 33.1 Å². The molecule has 0 bridgehead atoms. The van der Waals surface area contributed by atoms with Gasteiger partial charge in [0.1, 0.15) is 6.10 Å². The fourth-order valence-electron chi connectivity index (χ4n) is 2.45. The van der Waals surface area contributed by atoms with Gasteiger partial charge in [-0.2, -0.15) is 0 Å². The van der Waals surface area contributed by atoms with Crippen LogP contribution in [0.3, 0.4) is 0 Å². The van der Waals surface area contributed by atoms with Gasteiger partial charge < -0.3 is 5.11 Å². The summed E-state index contributed by atoms with van der Waals surface area (Å²) in [7, 11) is 0. The number of aromatic nitrogens is 1. The summed E-state index contributed by atoms with van der Waals surface area (Å²) < 4.78 is 0. The lowest BCUT2D eigenvalue weighted by molar-refractivity contribution is 0.208. The van der Waals surface area contributed by atoms with E-state index in [0.717, 1.165) is 24.1 Å². The Labute approximate surface area is 103 Å². The summed E-state index contributed by atoms with van der Waals surface area (Å²) in [5.74, 6) is 0. The summed E-state index contributed by atoms with van der Waals surface area (Å²) in [6, 6.07) is 3.88. The predicted octanol–water partition coefficient (Wildman–Crippen LogP) is 3.70. The van der Waals surface area contributed by atoms with Crippen molar-refractivity contribution in [1.82, 2.24) is 4.98 Å². The Hall–Kier alpha value is -1.15. The van der Waals surface area contributed by atoms with Crippen LogP contribution in [0.4, 0.5) is 0 Å². The molecular weight excluding hydrogens is 210 g/mol. The van der Waals surface area contributed by atoms with Crippen LogP contribution < -0.4 is 0 Å². The monoisotopic (exact) mass is 231 g/mol. The molecule has 1 atom stereocenters. The van der Waals surface area contributed by atoms with E-state index in [4.69, 9.17) is 0 Å². The van der Waals surface area contributed by atoms with E-state index in [1.54, 1.807) is 6.20 Å². The Morgan fingerprint density at radius 3 is 2.88 bits per heavy atom. The molecule has 17 heavy (non-hydrogen) atoms. The summed E-state index contributed by atoms with van der Waals surface area (Å²) in [5, 5.41) is 10.4. The van der Waals surface area contributed by atoms with E-state index in [1.807, 2.05) is 19.1 Å². The Bertz CT molecular complexity index is 398. The quantitative estimate of drug-likeness (QED) is 0.787. The number of allylic oxidation sites excluding steroid dienone is 1. The molecule has 2 rings (SSSR count). The van der Waals surface area contributed by atoms with Crippen molar-refractivity contribution in [2.75, 3.05) is 0 Å². The van der Waals surface area contributed by atoms with Crippen molar-refractivity contribution in [3.8, 4) is 0 Å². The van der Waals surface area contributed by atoms with Crippen LogP contribution in [0.15, 0.2) is 30.0 Å². The molecule has 1 heterocycles. The van der Waals surface area contributed by atoms with E-state index in [1.165, 1.54) is 31.3 Å². The van der Waals surface area contributed by atoms with Gasteiger partial charge in [-0.25, -0.2) is 0 Å². The smallest absolute Gasteiger partial charge is 0.102 e. The van der Waals surface area contributed by atoms with E-state index in [-0.39, 0.29) is 0 Å². The molecule has 2 heteroatoms. The first-order valence-corrected chi connectivity index (χ1v) is 6.57. The number of aliphatic hydroxyl groups is 1. The average Bonchev–Trinajstić information content (AvgIpc) is 2.28. The molecule has 2 nitrogen and oxygen atoms in total.